The summed E-state index contributed by atoms with van der Waals surface area (Å²) in [6.45, 7) is 3.58. The topological polar surface area (TPSA) is 50.9 Å². The van der Waals surface area contributed by atoms with E-state index in [0.717, 1.165) is 17.9 Å². The van der Waals surface area contributed by atoms with E-state index >= 15 is 0 Å². The first-order valence-corrected chi connectivity index (χ1v) is 7.76. The Bertz CT molecular complexity index is 653. The van der Waals surface area contributed by atoms with Gasteiger partial charge in [-0.1, -0.05) is 24.3 Å². The van der Waals surface area contributed by atoms with Gasteiger partial charge in [0.05, 0.1) is 25.7 Å². The summed E-state index contributed by atoms with van der Waals surface area (Å²) < 4.78 is 5.53. The second-order valence-electron chi connectivity index (χ2n) is 5.31. The van der Waals surface area contributed by atoms with Crippen LogP contribution in [0.15, 0.2) is 46.8 Å². The first kappa shape index (κ1) is 13.9. The van der Waals surface area contributed by atoms with Gasteiger partial charge >= 0.3 is 0 Å². The summed E-state index contributed by atoms with van der Waals surface area (Å²) in [7, 11) is 1.70. The zero-order chi connectivity index (χ0) is 14.9. The number of benzene rings is 1. The third-order valence-corrected chi connectivity index (χ3v) is 4.86. The minimum atomic E-state index is -0.277. The van der Waals surface area contributed by atoms with E-state index < -0.39 is 0 Å². The van der Waals surface area contributed by atoms with Crippen molar-refractivity contribution >= 4 is 17.3 Å². The normalized spacial score (nSPS) is 21.4. The highest BCUT2D eigenvalue weighted by molar-refractivity contribution is 7.09. The third kappa shape index (κ3) is 2.38. The van der Waals surface area contributed by atoms with Crippen LogP contribution in [0, 0.1) is 0 Å². The highest BCUT2D eigenvalue weighted by Gasteiger charge is 2.41. The summed E-state index contributed by atoms with van der Waals surface area (Å²) in [6.07, 6.45) is 0. The quantitative estimate of drug-likeness (QED) is 0.944. The van der Waals surface area contributed by atoms with Crippen LogP contribution in [0.3, 0.4) is 0 Å². The molecule has 0 aliphatic carbocycles. The zero-order valence-corrected chi connectivity index (χ0v) is 13.1. The van der Waals surface area contributed by atoms with E-state index in [2.05, 4.69) is 40.4 Å². The van der Waals surface area contributed by atoms with E-state index in [9.17, 15) is 0 Å². The summed E-state index contributed by atoms with van der Waals surface area (Å²) in [5.74, 6) is 1.47. The Morgan fingerprint density at radius 2 is 2.14 bits per heavy atom. The second kappa shape index (κ2) is 5.41. The molecule has 3 rings (SSSR count). The lowest BCUT2D eigenvalue weighted by Crippen LogP contribution is -2.46. The van der Waals surface area contributed by atoms with Gasteiger partial charge in [-0.15, -0.1) is 11.3 Å². The molecule has 2 aromatic rings. The van der Waals surface area contributed by atoms with Crippen molar-refractivity contribution in [2.75, 3.05) is 13.7 Å². The number of thiophene rings is 1. The van der Waals surface area contributed by atoms with Crippen LogP contribution in [-0.2, 0) is 12.1 Å². The first-order chi connectivity index (χ1) is 10.1. The van der Waals surface area contributed by atoms with Gasteiger partial charge in [-0.05, 0) is 24.4 Å². The second-order valence-corrected chi connectivity index (χ2v) is 6.35. The van der Waals surface area contributed by atoms with Gasteiger partial charge in [0.1, 0.15) is 5.75 Å². The van der Waals surface area contributed by atoms with Gasteiger partial charge in [0.15, 0.2) is 5.96 Å². The molecular formula is C16H19N3OS. The number of hydrogen-bond donors (Lipinski definition) is 1. The van der Waals surface area contributed by atoms with E-state index in [-0.39, 0.29) is 5.54 Å². The lowest BCUT2D eigenvalue weighted by atomic mass is 9.90. The van der Waals surface area contributed by atoms with Crippen LogP contribution >= 0.6 is 11.3 Å². The minimum Gasteiger partial charge on any atom is -0.496 e. The van der Waals surface area contributed by atoms with Crippen molar-refractivity contribution in [3.63, 3.8) is 0 Å². The standard InChI is InChI=1S/C16H19N3OS/c1-16(13-7-3-4-8-14(13)20-2)11-18-15(17)19(16)10-12-6-5-9-21-12/h3-9H,10-11H2,1-2H3,(H2,17,18). The molecule has 0 saturated carbocycles. The van der Waals surface area contributed by atoms with Gasteiger partial charge in [0.2, 0.25) is 0 Å². The van der Waals surface area contributed by atoms with Crippen LogP contribution < -0.4 is 10.5 Å². The minimum absolute atomic E-state index is 0.277. The Morgan fingerprint density at radius 1 is 1.33 bits per heavy atom. The van der Waals surface area contributed by atoms with Gasteiger partial charge in [0.25, 0.3) is 0 Å². The lowest BCUT2D eigenvalue weighted by molar-refractivity contribution is 0.212. The number of nitrogens with zero attached hydrogens (tertiary/aromatic N) is 2. The summed E-state index contributed by atoms with van der Waals surface area (Å²) >= 11 is 1.73. The molecule has 2 N–H and O–H groups in total. The number of aliphatic imine (C=N–C) groups is 1. The van der Waals surface area contributed by atoms with E-state index in [4.69, 9.17) is 10.5 Å². The van der Waals surface area contributed by atoms with Gasteiger partial charge in [0, 0.05) is 10.4 Å². The molecule has 0 bridgehead atoms. The Balaban J connectivity index is 1.98. The highest BCUT2D eigenvalue weighted by atomic mass is 32.1. The van der Waals surface area contributed by atoms with E-state index in [1.165, 1.54) is 4.88 Å². The SMILES string of the molecule is COc1ccccc1C1(C)CN=C(N)N1Cc1cccs1. The molecule has 0 radical (unpaired) electrons. The molecule has 1 atom stereocenters. The maximum absolute atomic E-state index is 6.14. The summed E-state index contributed by atoms with van der Waals surface area (Å²) in [6, 6.07) is 12.3. The third-order valence-electron chi connectivity index (χ3n) is 4.00. The summed E-state index contributed by atoms with van der Waals surface area (Å²) in [5.41, 5.74) is 6.98. The molecule has 1 aromatic heterocycles. The smallest absolute Gasteiger partial charge is 0.192 e. The van der Waals surface area contributed by atoms with Crippen molar-refractivity contribution in [3.05, 3.63) is 52.2 Å². The molecule has 0 fully saturated rings. The maximum atomic E-state index is 6.14. The fourth-order valence-electron chi connectivity index (χ4n) is 2.79. The van der Waals surface area contributed by atoms with Crippen LogP contribution in [0.1, 0.15) is 17.4 Å². The molecule has 5 heteroatoms. The van der Waals surface area contributed by atoms with Crippen molar-refractivity contribution in [2.24, 2.45) is 10.7 Å². The van der Waals surface area contributed by atoms with Crippen LogP contribution in [0.25, 0.3) is 0 Å². The number of ether oxygens (including phenoxy) is 1. The van der Waals surface area contributed by atoms with Gasteiger partial charge in [-0.3, -0.25) is 4.99 Å². The number of guanidine groups is 1. The molecule has 4 nitrogen and oxygen atoms in total. The van der Waals surface area contributed by atoms with Crippen LogP contribution in [-0.4, -0.2) is 24.5 Å². The lowest BCUT2D eigenvalue weighted by Gasteiger charge is -2.37. The average molecular weight is 301 g/mol. The van der Waals surface area contributed by atoms with Gasteiger partial charge < -0.3 is 15.4 Å². The molecule has 0 saturated heterocycles. The van der Waals surface area contributed by atoms with E-state index in [1.807, 2.05) is 18.2 Å². The largest absolute Gasteiger partial charge is 0.496 e. The molecule has 0 spiro atoms. The summed E-state index contributed by atoms with van der Waals surface area (Å²) in [4.78, 5) is 7.91. The number of rotatable bonds is 4. The van der Waals surface area contributed by atoms with Crippen LogP contribution in [0.2, 0.25) is 0 Å². The Labute approximate surface area is 128 Å². The fourth-order valence-corrected chi connectivity index (χ4v) is 3.49. The average Bonchev–Trinajstić information content (AvgIpc) is 3.12. The Kier molecular flexibility index (Phi) is 3.59. The molecule has 0 amide bonds. The van der Waals surface area contributed by atoms with Gasteiger partial charge in [-0.2, -0.15) is 0 Å². The predicted octanol–water partition coefficient (Wildman–Crippen LogP) is 2.80. The molecular weight excluding hydrogens is 282 g/mol. The predicted molar refractivity (Wildman–Crippen MR) is 86.7 cm³/mol. The molecule has 1 unspecified atom stereocenters. The molecule has 1 aliphatic rings. The van der Waals surface area contributed by atoms with Crippen LogP contribution in [0.4, 0.5) is 0 Å². The Morgan fingerprint density at radius 3 is 2.86 bits per heavy atom. The summed E-state index contributed by atoms with van der Waals surface area (Å²) in [5, 5.41) is 2.08. The first-order valence-electron chi connectivity index (χ1n) is 6.88. The fraction of sp³-hybridized carbons (Fsp3) is 0.312. The van der Waals surface area contributed by atoms with E-state index in [0.29, 0.717) is 12.5 Å². The van der Waals surface area contributed by atoms with Crippen molar-refractivity contribution in [3.8, 4) is 5.75 Å². The molecule has 2 heterocycles. The molecule has 110 valence electrons. The highest BCUT2D eigenvalue weighted by Crippen LogP contribution is 2.39. The molecule has 21 heavy (non-hydrogen) atoms. The molecule has 1 aromatic carbocycles. The number of methoxy groups -OCH3 is 1. The molecule has 1 aliphatic heterocycles. The number of hydrogen-bond acceptors (Lipinski definition) is 5. The van der Waals surface area contributed by atoms with Crippen LogP contribution in [0.5, 0.6) is 5.75 Å². The zero-order valence-electron chi connectivity index (χ0n) is 12.2. The monoisotopic (exact) mass is 301 g/mol. The van der Waals surface area contributed by atoms with Crippen molar-refractivity contribution in [2.45, 2.75) is 19.0 Å². The maximum Gasteiger partial charge on any atom is 0.192 e. The van der Waals surface area contributed by atoms with Crippen molar-refractivity contribution in [1.82, 2.24) is 4.90 Å². The number of para-hydroxylation sites is 1. The van der Waals surface area contributed by atoms with E-state index in [1.54, 1.807) is 18.4 Å². The number of nitrogens with two attached hydrogens (primary N) is 1. The van der Waals surface area contributed by atoms with Crippen molar-refractivity contribution in [1.29, 1.82) is 0 Å². The van der Waals surface area contributed by atoms with Gasteiger partial charge in [-0.25, -0.2) is 0 Å². The van der Waals surface area contributed by atoms with Crippen molar-refractivity contribution < 1.29 is 4.74 Å². The Hall–Kier alpha value is -2.01.